The number of Topliss-reactive ketones (excluding diaryl/α,β-unsaturated/α-hetero) is 2. The van der Waals surface area contributed by atoms with E-state index in [1.165, 1.54) is 13.3 Å². The summed E-state index contributed by atoms with van der Waals surface area (Å²) in [7, 11) is 0. The molecule has 11 heteroatoms. The average Bonchev–Trinajstić information content (AvgIpc) is 3.97. The fraction of sp³-hybridized carbons (Fsp3) is 0.759. The van der Waals surface area contributed by atoms with Crippen LogP contribution in [0.1, 0.15) is 130 Å². The molecule has 21 atom stereocenters. The van der Waals surface area contributed by atoms with Crippen LogP contribution < -0.4 is 5.32 Å². The van der Waals surface area contributed by atoms with Gasteiger partial charge in [-0.25, -0.2) is 0 Å². The van der Waals surface area contributed by atoms with Gasteiger partial charge in [0.2, 0.25) is 0 Å². The van der Waals surface area contributed by atoms with Crippen molar-refractivity contribution >= 4 is 17.5 Å². The van der Waals surface area contributed by atoms with Crippen molar-refractivity contribution in [2.24, 2.45) is 87.8 Å². The second kappa shape index (κ2) is 16.2. The highest BCUT2D eigenvalue weighted by Gasteiger charge is 2.73. The van der Waals surface area contributed by atoms with Crippen molar-refractivity contribution in [2.75, 3.05) is 13.2 Å². The van der Waals surface area contributed by atoms with Gasteiger partial charge < -0.3 is 40.6 Å². The maximum absolute atomic E-state index is 14.9. The van der Waals surface area contributed by atoms with Crippen LogP contribution in [0.2, 0.25) is 0 Å². The first-order chi connectivity index (χ1) is 30.8. The van der Waals surface area contributed by atoms with Gasteiger partial charge in [0.05, 0.1) is 54.3 Å². The zero-order valence-electron chi connectivity index (χ0n) is 39.4. The number of carbonyl (C=O) groups is 3. The van der Waals surface area contributed by atoms with E-state index in [-0.39, 0.29) is 84.5 Å². The Labute approximate surface area is 385 Å². The van der Waals surface area contributed by atoms with Crippen LogP contribution in [0, 0.1) is 99.6 Å². The highest BCUT2D eigenvalue weighted by molar-refractivity contribution is 6.00. The Morgan fingerprint density at radius 2 is 1.74 bits per heavy atom. The Kier molecular flexibility index (Phi) is 11.3. The molecule has 0 radical (unpaired) electrons. The summed E-state index contributed by atoms with van der Waals surface area (Å²) in [6, 6.07) is 1.98. The number of hydrogen-bond donors (Lipinski definition) is 7. The van der Waals surface area contributed by atoms with Gasteiger partial charge in [-0.2, -0.15) is 0 Å². The topological polar surface area (TPSA) is 189 Å². The number of carbonyl (C=O) groups excluding carboxylic acids is 3. The molecule has 7 N–H and O–H groups in total. The van der Waals surface area contributed by atoms with Crippen molar-refractivity contribution < 1.29 is 44.7 Å². The molecule has 6 fully saturated rings. The molecule has 10 rings (SSSR count). The van der Waals surface area contributed by atoms with Crippen molar-refractivity contribution in [3.05, 3.63) is 46.9 Å². The fourth-order valence-corrected chi connectivity index (χ4v) is 17.5. The lowest BCUT2D eigenvalue weighted by atomic mass is 9.45. The standard InChI is InChI=1S/C54H74N2O9/c1-27-10-11-30-20-31-12-13-35-34(37-26-65-50(62)44(37)33-15-17-55-25-33)9-7-8-32-22-54(64)46-38(51(4)23-41(59)40(58)21-39(51)48(61)47(46)56-24-29(3)57)14-16-52(54,5)49(32)53(6,63)42(60)19-28(2)43(31)45(35)36(30)18-27/h15,17,20,25,27-28,31-32,34-45,49,55-56,58-60,63-64H,8,10-14,16,18-19,21-24,26H2,1-6H3/t27-,28-,31-,32+,34+,35-,36-,37-,38+,39+,40-,41+,42-,43-,44+,45+,49+,51-,52-,53+,54-/m1/s1. The Balaban J connectivity index is 1.12. The van der Waals surface area contributed by atoms with Crippen molar-refractivity contribution in [3.63, 3.8) is 0 Å². The minimum Gasteiger partial charge on any atom is -0.465 e. The second-order valence-corrected chi connectivity index (χ2v) is 23.9. The molecular formula is C54H74N2O9. The van der Waals surface area contributed by atoms with Crippen molar-refractivity contribution in [1.82, 2.24) is 10.3 Å². The number of nitrogens with one attached hydrogen (secondary N) is 2. The third-order valence-corrected chi connectivity index (χ3v) is 20.3. The summed E-state index contributed by atoms with van der Waals surface area (Å²) in [5.74, 6) is 6.38. The summed E-state index contributed by atoms with van der Waals surface area (Å²) >= 11 is 0. The fourth-order valence-electron chi connectivity index (χ4n) is 17.5. The lowest BCUT2D eigenvalue weighted by Gasteiger charge is -2.61. The van der Waals surface area contributed by atoms with Crippen LogP contribution in [-0.4, -0.2) is 90.7 Å². The van der Waals surface area contributed by atoms with Crippen LogP contribution in [0.3, 0.4) is 0 Å². The predicted octanol–water partition coefficient (Wildman–Crippen LogP) is 6.00. The predicted molar refractivity (Wildman–Crippen MR) is 243 cm³/mol. The van der Waals surface area contributed by atoms with Crippen molar-refractivity contribution in [1.29, 1.82) is 0 Å². The van der Waals surface area contributed by atoms with E-state index < -0.39 is 64.0 Å². The lowest BCUT2D eigenvalue weighted by molar-refractivity contribution is -0.183. The van der Waals surface area contributed by atoms with E-state index in [2.05, 4.69) is 42.1 Å². The largest absolute Gasteiger partial charge is 0.465 e. The Hall–Kier alpha value is -3.27. The SMILES string of the molecule is CC(=O)CNC1=C2[C@H](CC[C@]3(C)[C@@H]4[C@@H](CC#C[C@H]([C@H]5COC(=O)[C@H]5c5cc[nH]c5)[C@H]5CC[C@@H]6C=C7CC[C@@H](C)C[C@H]7[C@H]5[C@@H]6[C@H](C)C[C@@H](O)[C@]4(C)O)C[C@@]23O)[C@@]2(C)C[C@H](O)[C@H](O)C[C@H]2C1=O. The number of ketones is 2. The third-order valence-electron chi connectivity index (χ3n) is 20.3. The van der Waals surface area contributed by atoms with Crippen molar-refractivity contribution in [3.8, 4) is 11.8 Å². The summed E-state index contributed by atoms with van der Waals surface area (Å²) in [6.07, 6.45) is 10.8. The van der Waals surface area contributed by atoms with Gasteiger partial charge in [0.25, 0.3) is 0 Å². The summed E-state index contributed by atoms with van der Waals surface area (Å²) in [6.45, 7) is 12.1. The Morgan fingerprint density at radius 3 is 2.48 bits per heavy atom. The number of ether oxygens (including phenoxy) is 1. The molecule has 354 valence electrons. The van der Waals surface area contributed by atoms with E-state index in [1.807, 2.05) is 32.3 Å². The molecule has 0 aromatic carbocycles. The Morgan fingerprint density at radius 1 is 0.954 bits per heavy atom. The molecule has 0 unspecified atom stereocenters. The van der Waals surface area contributed by atoms with Gasteiger partial charge in [0.1, 0.15) is 5.78 Å². The normalized spacial score (nSPS) is 50.3. The second-order valence-electron chi connectivity index (χ2n) is 23.9. The van der Waals surface area contributed by atoms with Gasteiger partial charge in [-0.1, -0.05) is 45.3 Å². The number of aromatic nitrogens is 1. The van der Waals surface area contributed by atoms with Crippen LogP contribution in [0.15, 0.2) is 41.4 Å². The number of esters is 1. The monoisotopic (exact) mass is 895 g/mol. The number of hydrogen-bond acceptors (Lipinski definition) is 10. The number of rotatable bonds is 5. The number of H-pyrrole nitrogens is 1. The molecule has 1 aromatic rings. The molecule has 2 heterocycles. The van der Waals surface area contributed by atoms with Gasteiger partial charge in [-0.3, -0.25) is 14.4 Å². The summed E-state index contributed by atoms with van der Waals surface area (Å²) in [5.41, 5.74) is -1.82. The first-order valence-electron chi connectivity index (χ1n) is 25.3. The number of aliphatic hydroxyl groups excluding tert-OH is 3. The number of cyclic esters (lactones) is 1. The van der Waals surface area contributed by atoms with E-state index in [9.17, 15) is 39.9 Å². The first-order valence-corrected chi connectivity index (χ1v) is 25.3. The molecule has 5 saturated carbocycles. The molecule has 9 aliphatic rings. The molecule has 1 saturated heterocycles. The van der Waals surface area contributed by atoms with E-state index in [0.717, 1.165) is 31.2 Å². The number of aromatic amines is 1. The minimum absolute atomic E-state index is 0.0499. The average molecular weight is 895 g/mol. The number of fused-ring (bicyclic) bond motifs is 8. The van der Waals surface area contributed by atoms with Crippen LogP contribution in [0.25, 0.3) is 0 Å². The lowest BCUT2D eigenvalue weighted by Crippen LogP contribution is -2.64. The highest BCUT2D eigenvalue weighted by Crippen LogP contribution is 2.71. The van der Waals surface area contributed by atoms with Gasteiger partial charge in [0.15, 0.2) is 5.78 Å². The van der Waals surface area contributed by atoms with Gasteiger partial charge in [-0.15, -0.1) is 5.92 Å². The molecule has 1 aliphatic heterocycles. The zero-order chi connectivity index (χ0) is 46.1. The maximum Gasteiger partial charge on any atom is 0.313 e. The van der Waals surface area contributed by atoms with Gasteiger partial charge >= 0.3 is 5.97 Å². The molecule has 0 spiro atoms. The summed E-state index contributed by atoms with van der Waals surface area (Å²) < 4.78 is 5.98. The van der Waals surface area contributed by atoms with E-state index in [1.54, 1.807) is 12.5 Å². The molecular weight excluding hydrogens is 821 g/mol. The van der Waals surface area contributed by atoms with Gasteiger partial charge in [-0.05, 0) is 160 Å². The van der Waals surface area contributed by atoms with E-state index in [0.29, 0.717) is 61.5 Å². The molecule has 0 amide bonds. The molecule has 4 bridgehead atoms. The highest BCUT2D eigenvalue weighted by atomic mass is 16.5. The van der Waals surface area contributed by atoms with Gasteiger partial charge in [0, 0.05) is 47.9 Å². The van der Waals surface area contributed by atoms with Crippen LogP contribution in [0.4, 0.5) is 0 Å². The zero-order valence-corrected chi connectivity index (χ0v) is 39.4. The molecule has 11 nitrogen and oxygen atoms in total. The van der Waals surface area contributed by atoms with Crippen LogP contribution >= 0.6 is 0 Å². The van der Waals surface area contributed by atoms with E-state index in [4.69, 9.17) is 4.74 Å². The first kappa shape index (κ1) is 45.5. The minimum atomic E-state index is -1.65. The third kappa shape index (κ3) is 6.86. The quantitative estimate of drug-likeness (QED) is 0.105. The summed E-state index contributed by atoms with van der Waals surface area (Å²) in [4.78, 5) is 44.3. The molecule has 1 aromatic heterocycles. The van der Waals surface area contributed by atoms with Crippen LogP contribution in [0.5, 0.6) is 0 Å². The molecule has 8 aliphatic carbocycles. The maximum atomic E-state index is 14.9. The Bertz CT molecular complexity index is 2200. The van der Waals surface area contributed by atoms with Crippen LogP contribution in [-0.2, 0) is 19.1 Å². The number of allylic oxidation sites excluding steroid dienone is 3. The smallest absolute Gasteiger partial charge is 0.313 e. The molecule has 65 heavy (non-hydrogen) atoms. The van der Waals surface area contributed by atoms with Crippen molar-refractivity contribution in [2.45, 2.75) is 154 Å². The summed E-state index contributed by atoms with van der Waals surface area (Å²) in [5, 5.41) is 65.0. The number of aliphatic hydroxyl groups is 5. The van der Waals surface area contributed by atoms with E-state index >= 15 is 0 Å².